The summed E-state index contributed by atoms with van der Waals surface area (Å²) in [5.74, 6) is 0.309. The van der Waals surface area contributed by atoms with Crippen molar-refractivity contribution in [1.82, 2.24) is 0 Å². The predicted octanol–water partition coefficient (Wildman–Crippen LogP) is 5.81. The Labute approximate surface area is 170 Å². The third kappa shape index (κ3) is 5.10. The topological polar surface area (TPSA) is 62.1 Å². The second-order valence-corrected chi connectivity index (χ2v) is 7.03. The summed E-state index contributed by atoms with van der Waals surface area (Å²) in [7, 11) is 0. The molecule has 0 spiro atoms. The van der Waals surface area contributed by atoms with E-state index in [0.717, 1.165) is 10.0 Å². The molecule has 0 aromatic heterocycles. The van der Waals surface area contributed by atoms with E-state index in [4.69, 9.17) is 21.6 Å². The number of nitriles is 1. The molecule has 27 heavy (non-hydrogen) atoms. The van der Waals surface area contributed by atoms with Gasteiger partial charge < -0.3 is 10.1 Å². The lowest BCUT2D eigenvalue weighted by Gasteiger charge is -2.10. The Morgan fingerprint density at radius 3 is 2.70 bits per heavy atom. The zero-order chi connectivity index (χ0) is 19.2. The van der Waals surface area contributed by atoms with Gasteiger partial charge in [0.15, 0.2) is 0 Å². The summed E-state index contributed by atoms with van der Waals surface area (Å²) in [5.41, 5.74) is 2.47. The summed E-state index contributed by atoms with van der Waals surface area (Å²) in [5, 5.41) is 12.1. The Morgan fingerprint density at radius 1 is 1.11 bits per heavy atom. The molecule has 3 aromatic carbocycles. The van der Waals surface area contributed by atoms with Crippen molar-refractivity contribution >= 4 is 39.1 Å². The minimum Gasteiger partial charge on any atom is -0.489 e. The summed E-state index contributed by atoms with van der Waals surface area (Å²) in [6.45, 7) is 0.325. The van der Waals surface area contributed by atoms with Gasteiger partial charge in [-0.3, -0.25) is 4.79 Å². The first-order valence-corrected chi connectivity index (χ1v) is 9.20. The normalized spacial score (nSPS) is 10.1. The van der Waals surface area contributed by atoms with Crippen LogP contribution >= 0.6 is 27.5 Å². The van der Waals surface area contributed by atoms with Crippen LogP contribution in [0.25, 0.3) is 0 Å². The number of benzene rings is 3. The number of carbonyl (C=O) groups excluding carboxylic acids is 1. The maximum atomic E-state index is 12.4. The third-order valence-corrected chi connectivity index (χ3v) is 4.54. The summed E-state index contributed by atoms with van der Waals surface area (Å²) in [4.78, 5) is 12.4. The van der Waals surface area contributed by atoms with Crippen LogP contribution in [-0.4, -0.2) is 5.91 Å². The van der Waals surface area contributed by atoms with Gasteiger partial charge in [0.1, 0.15) is 12.4 Å². The van der Waals surface area contributed by atoms with Crippen molar-refractivity contribution in [2.24, 2.45) is 0 Å². The van der Waals surface area contributed by atoms with E-state index in [0.29, 0.717) is 34.2 Å². The first kappa shape index (κ1) is 19.0. The fourth-order valence-electron chi connectivity index (χ4n) is 2.43. The van der Waals surface area contributed by atoms with E-state index in [2.05, 4.69) is 27.3 Å². The van der Waals surface area contributed by atoms with Crippen LogP contribution in [0.3, 0.4) is 0 Å². The quantitative estimate of drug-likeness (QED) is 0.544. The highest BCUT2D eigenvalue weighted by Crippen LogP contribution is 2.24. The van der Waals surface area contributed by atoms with Gasteiger partial charge in [0.25, 0.3) is 5.91 Å². The average molecular weight is 442 g/mol. The Kier molecular flexibility index (Phi) is 6.12. The number of ether oxygens (including phenoxy) is 1. The van der Waals surface area contributed by atoms with E-state index in [1.165, 1.54) is 0 Å². The van der Waals surface area contributed by atoms with Gasteiger partial charge in [-0.1, -0.05) is 45.7 Å². The van der Waals surface area contributed by atoms with Crippen molar-refractivity contribution in [3.05, 3.63) is 92.9 Å². The van der Waals surface area contributed by atoms with Crippen molar-refractivity contribution in [2.75, 3.05) is 5.32 Å². The zero-order valence-electron chi connectivity index (χ0n) is 14.1. The molecular weight excluding hydrogens is 428 g/mol. The smallest absolute Gasteiger partial charge is 0.257 e. The molecule has 0 aliphatic heterocycles. The highest BCUT2D eigenvalue weighted by atomic mass is 79.9. The molecule has 0 heterocycles. The molecule has 0 saturated carbocycles. The number of nitrogens with one attached hydrogen (secondary N) is 1. The Morgan fingerprint density at radius 2 is 1.93 bits per heavy atom. The fourth-order valence-corrected chi connectivity index (χ4v) is 3.19. The molecule has 0 radical (unpaired) electrons. The molecule has 0 fully saturated rings. The zero-order valence-corrected chi connectivity index (χ0v) is 16.4. The maximum absolute atomic E-state index is 12.4. The molecule has 3 aromatic rings. The molecule has 0 aliphatic carbocycles. The number of hydrogen-bond acceptors (Lipinski definition) is 3. The number of hydrogen-bond donors (Lipinski definition) is 1. The van der Waals surface area contributed by atoms with Crippen LogP contribution < -0.4 is 10.1 Å². The molecule has 1 N–H and O–H groups in total. The Hall–Kier alpha value is -2.81. The van der Waals surface area contributed by atoms with Gasteiger partial charge in [0.05, 0.1) is 22.2 Å². The molecule has 0 saturated heterocycles. The van der Waals surface area contributed by atoms with Crippen molar-refractivity contribution in [3.63, 3.8) is 0 Å². The van der Waals surface area contributed by atoms with Crippen LogP contribution in [-0.2, 0) is 6.61 Å². The molecule has 0 atom stereocenters. The monoisotopic (exact) mass is 440 g/mol. The van der Waals surface area contributed by atoms with Crippen molar-refractivity contribution < 1.29 is 9.53 Å². The summed E-state index contributed by atoms with van der Waals surface area (Å²) >= 11 is 9.44. The van der Waals surface area contributed by atoms with Gasteiger partial charge in [0, 0.05) is 16.2 Å². The molecule has 0 bridgehead atoms. The average Bonchev–Trinajstić information content (AvgIpc) is 2.66. The predicted molar refractivity (Wildman–Crippen MR) is 109 cm³/mol. The van der Waals surface area contributed by atoms with Crippen molar-refractivity contribution in [2.45, 2.75) is 6.61 Å². The Bertz CT molecular complexity index is 1030. The molecule has 4 nitrogen and oxygen atoms in total. The molecule has 1 amide bonds. The van der Waals surface area contributed by atoms with Crippen LogP contribution in [0.5, 0.6) is 5.75 Å². The lowest BCUT2D eigenvalue weighted by Crippen LogP contribution is -2.12. The highest BCUT2D eigenvalue weighted by molar-refractivity contribution is 9.10. The van der Waals surface area contributed by atoms with E-state index in [1.807, 2.05) is 12.1 Å². The minimum absolute atomic E-state index is 0.300. The van der Waals surface area contributed by atoms with Gasteiger partial charge in [-0.2, -0.15) is 5.26 Å². The van der Waals surface area contributed by atoms with Crippen molar-refractivity contribution in [3.8, 4) is 11.8 Å². The van der Waals surface area contributed by atoms with Crippen LogP contribution in [0.4, 0.5) is 5.69 Å². The van der Waals surface area contributed by atoms with E-state index in [1.54, 1.807) is 54.6 Å². The summed E-state index contributed by atoms with van der Waals surface area (Å²) in [6, 6.07) is 21.5. The van der Waals surface area contributed by atoms with Gasteiger partial charge in [-0.15, -0.1) is 0 Å². The van der Waals surface area contributed by atoms with E-state index < -0.39 is 0 Å². The molecule has 134 valence electrons. The first-order chi connectivity index (χ1) is 13.0. The van der Waals surface area contributed by atoms with Crippen LogP contribution in [0.15, 0.2) is 71.2 Å². The lowest BCUT2D eigenvalue weighted by atomic mass is 10.1. The number of amides is 1. The molecule has 0 aliphatic rings. The summed E-state index contributed by atoms with van der Waals surface area (Å²) in [6.07, 6.45) is 0. The van der Waals surface area contributed by atoms with Gasteiger partial charge in [-0.25, -0.2) is 0 Å². The standard InChI is InChI=1S/C21H14BrClN2O2/c22-16-7-8-19(20(23)10-16)21(26)25-17-5-2-6-18(11-17)27-13-15-4-1-3-14(9-15)12-24/h1-11H,13H2,(H,25,26). The van der Waals surface area contributed by atoms with Gasteiger partial charge >= 0.3 is 0 Å². The van der Waals surface area contributed by atoms with Crippen LogP contribution in [0.1, 0.15) is 21.5 Å². The molecule has 6 heteroatoms. The number of halogens is 2. The number of nitrogens with zero attached hydrogens (tertiary/aromatic N) is 1. The highest BCUT2D eigenvalue weighted by Gasteiger charge is 2.11. The van der Waals surface area contributed by atoms with Gasteiger partial charge in [0.2, 0.25) is 0 Å². The van der Waals surface area contributed by atoms with Crippen molar-refractivity contribution in [1.29, 1.82) is 5.26 Å². The van der Waals surface area contributed by atoms with Gasteiger partial charge in [-0.05, 0) is 48.0 Å². The fraction of sp³-hybridized carbons (Fsp3) is 0.0476. The lowest BCUT2D eigenvalue weighted by molar-refractivity contribution is 0.102. The minimum atomic E-state index is -0.300. The molecule has 3 rings (SSSR count). The van der Waals surface area contributed by atoms with E-state index in [-0.39, 0.29) is 5.91 Å². The Balaban J connectivity index is 1.68. The van der Waals surface area contributed by atoms with E-state index >= 15 is 0 Å². The SMILES string of the molecule is N#Cc1cccc(COc2cccc(NC(=O)c3ccc(Br)cc3Cl)c2)c1. The maximum Gasteiger partial charge on any atom is 0.257 e. The first-order valence-electron chi connectivity index (χ1n) is 8.03. The molecular formula is C21H14BrClN2O2. The largest absolute Gasteiger partial charge is 0.489 e. The second kappa shape index (κ2) is 8.72. The molecule has 0 unspecified atom stereocenters. The van der Waals surface area contributed by atoms with Crippen LogP contribution in [0, 0.1) is 11.3 Å². The van der Waals surface area contributed by atoms with Crippen LogP contribution in [0.2, 0.25) is 5.02 Å². The number of carbonyl (C=O) groups is 1. The third-order valence-electron chi connectivity index (χ3n) is 3.73. The number of anilines is 1. The van der Waals surface area contributed by atoms with E-state index in [9.17, 15) is 4.79 Å². The number of rotatable bonds is 5. The summed E-state index contributed by atoms with van der Waals surface area (Å²) < 4.78 is 6.57. The second-order valence-electron chi connectivity index (χ2n) is 5.71.